The Morgan fingerprint density at radius 3 is 2.47 bits per heavy atom. The number of rotatable bonds is 2. The van der Waals surface area contributed by atoms with Gasteiger partial charge in [0.1, 0.15) is 11.5 Å². The van der Waals surface area contributed by atoms with E-state index in [4.69, 9.17) is 0 Å². The van der Waals surface area contributed by atoms with Crippen LogP contribution in [0.25, 0.3) is 11.4 Å². The van der Waals surface area contributed by atoms with Gasteiger partial charge in [-0.1, -0.05) is 29.8 Å². The van der Waals surface area contributed by atoms with E-state index in [9.17, 15) is 4.79 Å². The Balaban J connectivity index is 2.37. The van der Waals surface area contributed by atoms with Crippen molar-refractivity contribution < 1.29 is 4.79 Å². The molecule has 0 saturated heterocycles. The van der Waals surface area contributed by atoms with Gasteiger partial charge in [0.15, 0.2) is 5.78 Å². The highest BCUT2D eigenvalue weighted by atomic mass is 16.1. The van der Waals surface area contributed by atoms with Crippen LogP contribution in [-0.4, -0.2) is 15.8 Å². The Bertz CT molecular complexity index is 483. The third-order valence-electron chi connectivity index (χ3n) is 2.28. The van der Waals surface area contributed by atoms with Gasteiger partial charge in [-0.2, -0.15) is 0 Å². The summed E-state index contributed by atoms with van der Waals surface area (Å²) in [4.78, 5) is 18.2. The third kappa shape index (κ3) is 1.96. The zero-order chi connectivity index (χ0) is 10.8. The van der Waals surface area contributed by atoms with Gasteiger partial charge in [-0.25, -0.2) is 4.98 Å². The highest BCUT2D eigenvalue weighted by Gasteiger charge is 2.05. The first-order valence-electron chi connectivity index (χ1n) is 4.80. The summed E-state index contributed by atoms with van der Waals surface area (Å²) in [7, 11) is 0. The van der Waals surface area contributed by atoms with Crippen LogP contribution in [0.3, 0.4) is 0 Å². The van der Waals surface area contributed by atoms with Gasteiger partial charge in [-0.3, -0.25) is 4.79 Å². The standard InChI is InChI=1S/C12H12N2O/c1-8-3-5-10(6-4-8)12-13-7-11(14-12)9(2)15/h3-7H,1-2H3,(H,13,14). The van der Waals surface area contributed by atoms with Crippen molar-refractivity contribution in [2.24, 2.45) is 0 Å². The fraction of sp³-hybridized carbons (Fsp3) is 0.167. The molecule has 0 radical (unpaired) electrons. The van der Waals surface area contributed by atoms with E-state index in [-0.39, 0.29) is 5.78 Å². The van der Waals surface area contributed by atoms with E-state index < -0.39 is 0 Å². The van der Waals surface area contributed by atoms with Gasteiger partial charge in [-0.15, -0.1) is 0 Å². The second kappa shape index (κ2) is 3.69. The first-order chi connectivity index (χ1) is 7.16. The normalized spacial score (nSPS) is 10.3. The molecule has 0 aliphatic heterocycles. The van der Waals surface area contributed by atoms with Crippen molar-refractivity contribution in [3.8, 4) is 11.4 Å². The lowest BCUT2D eigenvalue weighted by atomic mass is 10.1. The molecule has 1 aromatic carbocycles. The van der Waals surface area contributed by atoms with E-state index in [1.807, 2.05) is 31.2 Å². The molecule has 3 nitrogen and oxygen atoms in total. The third-order valence-corrected chi connectivity index (χ3v) is 2.28. The molecular weight excluding hydrogens is 188 g/mol. The Hall–Kier alpha value is -1.90. The molecular formula is C12H12N2O. The number of H-pyrrole nitrogens is 1. The average molecular weight is 200 g/mol. The zero-order valence-electron chi connectivity index (χ0n) is 8.74. The van der Waals surface area contributed by atoms with Crippen LogP contribution in [0.15, 0.2) is 30.5 Å². The Morgan fingerprint density at radius 1 is 1.27 bits per heavy atom. The van der Waals surface area contributed by atoms with Gasteiger partial charge in [0, 0.05) is 12.5 Å². The van der Waals surface area contributed by atoms with E-state index in [1.165, 1.54) is 12.5 Å². The van der Waals surface area contributed by atoms with Crippen molar-refractivity contribution >= 4 is 5.78 Å². The fourth-order valence-corrected chi connectivity index (χ4v) is 1.36. The van der Waals surface area contributed by atoms with Crippen LogP contribution in [0.4, 0.5) is 0 Å². The number of carbonyl (C=O) groups is 1. The largest absolute Gasteiger partial charge is 0.336 e. The number of carbonyl (C=O) groups excluding carboxylic acids is 1. The number of imidazole rings is 1. The second-order valence-electron chi connectivity index (χ2n) is 3.57. The van der Waals surface area contributed by atoms with Crippen molar-refractivity contribution in [1.82, 2.24) is 9.97 Å². The topological polar surface area (TPSA) is 45.8 Å². The minimum atomic E-state index is 0.000798. The minimum Gasteiger partial charge on any atom is -0.336 e. The summed E-state index contributed by atoms with van der Waals surface area (Å²) in [6.45, 7) is 3.55. The molecule has 3 heteroatoms. The maximum absolute atomic E-state index is 11.1. The van der Waals surface area contributed by atoms with Crippen molar-refractivity contribution in [3.05, 3.63) is 41.7 Å². The van der Waals surface area contributed by atoms with E-state index in [0.717, 1.165) is 11.4 Å². The molecule has 2 aromatic rings. The Morgan fingerprint density at radius 2 is 1.93 bits per heavy atom. The summed E-state index contributed by atoms with van der Waals surface area (Å²) in [5.41, 5.74) is 2.75. The van der Waals surface area contributed by atoms with E-state index in [0.29, 0.717) is 5.69 Å². The predicted molar refractivity (Wildman–Crippen MR) is 58.8 cm³/mol. The van der Waals surface area contributed by atoms with Crippen LogP contribution in [0, 0.1) is 6.92 Å². The van der Waals surface area contributed by atoms with Crippen LogP contribution >= 0.6 is 0 Å². The van der Waals surface area contributed by atoms with Crippen LogP contribution in [0.5, 0.6) is 0 Å². The molecule has 0 aliphatic carbocycles. The minimum absolute atomic E-state index is 0.000798. The summed E-state index contributed by atoms with van der Waals surface area (Å²) in [5, 5.41) is 0. The van der Waals surface area contributed by atoms with Crippen LogP contribution in [0.1, 0.15) is 23.0 Å². The highest BCUT2D eigenvalue weighted by Crippen LogP contribution is 2.16. The quantitative estimate of drug-likeness (QED) is 0.757. The molecule has 1 N–H and O–H groups in total. The smallest absolute Gasteiger partial charge is 0.177 e. The molecule has 0 fully saturated rings. The van der Waals surface area contributed by atoms with Crippen molar-refractivity contribution in [2.45, 2.75) is 13.8 Å². The first-order valence-corrected chi connectivity index (χ1v) is 4.80. The number of hydrogen-bond acceptors (Lipinski definition) is 2. The number of Topliss-reactive ketones (excluding diaryl/α,β-unsaturated/α-hetero) is 1. The van der Waals surface area contributed by atoms with E-state index >= 15 is 0 Å². The molecule has 0 bridgehead atoms. The summed E-state index contributed by atoms with van der Waals surface area (Å²) in [6, 6.07) is 8.01. The van der Waals surface area contributed by atoms with Gasteiger partial charge >= 0.3 is 0 Å². The van der Waals surface area contributed by atoms with Gasteiger partial charge in [0.25, 0.3) is 0 Å². The number of aromatic amines is 1. The Kier molecular flexibility index (Phi) is 2.37. The number of aromatic nitrogens is 2. The van der Waals surface area contributed by atoms with Crippen molar-refractivity contribution in [3.63, 3.8) is 0 Å². The maximum atomic E-state index is 11.1. The van der Waals surface area contributed by atoms with E-state index in [2.05, 4.69) is 9.97 Å². The zero-order valence-corrected chi connectivity index (χ0v) is 8.74. The van der Waals surface area contributed by atoms with Gasteiger partial charge in [0.05, 0.1) is 6.20 Å². The van der Waals surface area contributed by atoms with Gasteiger partial charge in [0.2, 0.25) is 0 Å². The molecule has 1 aromatic heterocycles. The summed E-state index contributed by atoms with van der Waals surface area (Å²) in [6.07, 6.45) is 1.57. The molecule has 0 aliphatic rings. The number of hydrogen-bond donors (Lipinski definition) is 1. The number of nitrogens with one attached hydrogen (secondary N) is 1. The first kappa shape index (κ1) is 9.65. The molecule has 76 valence electrons. The molecule has 0 unspecified atom stereocenters. The molecule has 0 atom stereocenters. The van der Waals surface area contributed by atoms with Crippen molar-refractivity contribution in [2.75, 3.05) is 0 Å². The lowest BCUT2D eigenvalue weighted by Crippen LogP contribution is -1.91. The molecule has 15 heavy (non-hydrogen) atoms. The molecule has 0 saturated carbocycles. The molecule has 0 spiro atoms. The maximum Gasteiger partial charge on any atom is 0.177 e. The second-order valence-corrected chi connectivity index (χ2v) is 3.57. The lowest BCUT2D eigenvalue weighted by molar-refractivity contribution is 0.101. The lowest BCUT2D eigenvalue weighted by Gasteiger charge is -1.97. The van der Waals surface area contributed by atoms with Crippen LogP contribution in [-0.2, 0) is 0 Å². The van der Waals surface area contributed by atoms with E-state index in [1.54, 1.807) is 6.20 Å². The monoisotopic (exact) mass is 200 g/mol. The summed E-state index contributed by atoms with van der Waals surface area (Å²) >= 11 is 0. The molecule has 0 amide bonds. The summed E-state index contributed by atoms with van der Waals surface area (Å²) in [5.74, 6) is 0.737. The number of ketones is 1. The van der Waals surface area contributed by atoms with Crippen molar-refractivity contribution in [1.29, 1.82) is 0 Å². The highest BCUT2D eigenvalue weighted by molar-refractivity contribution is 5.92. The Labute approximate surface area is 88.2 Å². The number of benzene rings is 1. The SMILES string of the molecule is CC(=O)c1cnc(-c2ccc(C)cc2)[nH]1. The van der Waals surface area contributed by atoms with Gasteiger partial charge in [-0.05, 0) is 6.92 Å². The molecule has 2 rings (SSSR count). The van der Waals surface area contributed by atoms with Gasteiger partial charge < -0.3 is 4.98 Å². The number of nitrogens with zero attached hydrogens (tertiary/aromatic N) is 1. The van der Waals surface area contributed by atoms with Crippen LogP contribution in [0.2, 0.25) is 0 Å². The summed E-state index contributed by atoms with van der Waals surface area (Å²) < 4.78 is 0. The predicted octanol–water partition coefficient (Wildman–Crippen LogP) is 2.59. The fourth-order valence-electron chi connectivity index (χ4n) is 1.36. The van der Waals surface area contributed by atoms with Crippen LogP contribution < -0.4 is 0 Å². The molecule has 1 heterocycles. The average Bonchev–Trinajstić information content (AvgIpc) is 2.68. The number of aryl methyl sites for hydroxylation is 1.